The Kier molecular flexibility index (Phi) is 9.54. The zero-order valence-electron chi connectivity index (χ0n) is 15.6. The van der Waals surface area contributed by atoms with Crippen molar-refractivity contribution in [2.45, 2.75) is 33.8 Å². The molecule has 2 aromatic rings. The molecule has 1 saturated heterocycles. The molecule has 0 saturated carbocycles. The van der Waals surface area contributed by atoms with Crippen LogP contribution in [0.3, 0.4) is 0 Å². The summed E-state index contributed by atoms with van der Waals surface area (Å²) in [5.41, 5.74) is 8.11. The summed E-state index contributed by atoms with van der Waals surface area (Å²) < 4.78 is 9.12. The zero-order valence-corrected chi connectivity index (χ0v) is 15.6. The Balaban J connectivity index is 0.000000564. The fourth-order valence-corrected chi connectivity index (χ4v) is 1.90. The highest BCUT2D eigenvalue weighted by Gasteiger charge is 2.24. The van der Waals surface area contributed by atoms with Crippen molar-refractivity contribution in [1.82, 2.24) is 0 Å². The minimum Gasteiger partial charge on any atom is -0.464 e. The number of carbonyl (C=O) groups is 2. The first kappa shape index (κ1) is 21.2. The Hall–Kier alpha value is -2.82. The van der Waals surface area contributed by atoms with Gasteiger partial charge in [0, 0.05) is 1.43 Å². The molecule has 0 aliphatic carbocycles. The normalized spacial score (nSPS) is 14.4. The third-order valence-corrected chi connectivity index (χ3v) is 3.32. The number of primary amides is 1. The number of cyclic esters (lactones) is 1. The summed E-state index contributed by atoms with van der Waals surface area (Å²) in [6, 6.07) is 17.9. The second kappa shape index (κ2) is 11.7. The molecule has 1 aliphatic heterocycles. The van der Waals surface area contributed by atoms with Crippen LogP contribution in [0.15, 0.2) is 54.6 Å². The van der Waals surface area contributed by atoms with Crippen molar-refractivity contribution < 1.29 is 20.5 Å². The summed E-state index contributed by atoms with van der Waals surface area (Å²) in [6.45, 7) is 6.94. The van der Waals surface area contributed by atoms with Crippen LogP contribution in [0.25, 0.3) is 11.1 Å². The number of esters is 1. The Morgan fingerprint density at radius 1 is 1.12 bits per heavy atom. The molecule has 0 bridgehead atoms. The first-order valence-corrected chi connectivity index (χ1v) is 8.71. The molecule has 1 fully saturated rings. The van der Waals surface area contributed by atoms with Crippen LogP contribution < -0.4 is 5.73 Å². The molecular formula is C21H29NO4. The van der Waals surface area contributed by atoms with Crippen molar-refractivity contribution in [3.8, 4) is 11.1 Å². The SMILES string of the molecule is CCC.C[C@@H]1COC1=O.NC(=O)OCc1ccc(-c2ccccc2)cc1.[HH]. The van der Waals surface area contributed by atoms with E-state index in [-0.39, 0.29) is 19.9 Å². The van der Waals surface area contributed by atoms with Gasteiger partial charge in [-0.05, 0) is 23.6 Å². The fourth-order valence-electron chi connectivity index (χ4n) is 1.90. The van der Waals surface area contributed by atoms with Crippen LogP contribution in [-0.2, 0) is 20.9 Å². The van der Waals surface area contributed by atoms with Crippen LogP contribution in [-0.4, -0.2) is 18.7 Å². The van der Waals surface area contributed by atoms with Gasteiger partial charge in [0.1, 0.15) is 13.2 Å². The van der Waals surface area contributed by atoms with E-state index in [1.807, 2.05) is 49.4 Å². The third-order valence-electron chi connectivity index (χ3n) is 3.32. The van der Waals surface area contributed by atoms with E-state index < -0.39 is 6.09 Å². The first-order chi connectivity index (χ1) is 12.5. The molecule has 1 amide bonds. The van der Waals surface area contributed by atoms with Gasteiger partial charge in [0.2, 0.25) is 0 Å². The molecule has 1 heterocycles. The molecule has 3 rings (SSSR count). The number of hydrogen-bond acceptors (Lipinski definition) is 4. The van der Waals surface area contributed by atoms with Crippen LogP contribution in [0.5, 0.6) is 0 Å². The predicted octanol–water partition coefficient (Wildman–Crippen LogP) is 4.79. The maximum absolute atomic E-state index is 10.5. The average molecular weight is 359 g/mol. The summed E-state index contributed by atoms with van der Waals surface area (Å²) in [5, 5.41) is 0. The quantitative estimate of drug-likeness (QED) is 0.799. The van der Waals surface area contributed by atoms with Crippen molar-refractivity contribution in [2.24, 2.45) is 11.7 Å². The van der Waals surface area contributed by atoms with Gasteiger partial charge in [-0.25, -0.2) is 4.79 Å². The number of nitrogens with two attached hydrogens (primary N) is 1. The van der Waals surface area contributed by atoms with E-state index >= 15 is 0 Å². The predicted molar refractivity (Wildman–Crippen MR) is 104 cm³/mol. The highest BCUT2D eigenvalue weighted by molar-refractivity contribution is 5.76. The number of hydrogen-bond donors (Lipinski definition) is 1. The summed E-state index contributed by atoms with van der Waals surface area (Å²) in [4.78, 5) is 20.5. The first-order valence-electron chi connectivity index (χ1n) is 8.71. The Morgan fingerprint density at radius 3 is 2.00 bits per heavy atom. The summed E-state index contributed by atoms with van der Waals surface area (Å²) in [5.74, 6) is 0.111. The van der Waals surface area contributed by atoms with Gasteiger partial charge in [-0.2, -0.15) is 0 Å². The van der Waals surface area contributed by atoms with Gasteiger partial charge in [0.05, 0.1) is 5.92 Å². The monoisotopic (exact) mass is 359 g/mol. The zero-order chi connectivity index (χ0) is 19.4. The smallest absolute Gasteiger partial charge is 0.404 e. The molecular weight excluding hydrogens is 330 g/mol. The van der Waals surface area contributed by atoms with Gasteiger partial charge in [-0.1, -0.05) is 74.9 Å². The molecule has 2 N–H and O–H groups in total. The van der Waals surface area contributed by atoms with Crippen molar-refractivity contribution in [3.05, 3.63) is 60.2 Å². The van der Waals surface area contributed by atoms with Crippen molar-refractivity contribution in [3.63, 3.8) is 0 Å². The second-order valence-electron chi connectivity index (χ2n) is 5.91. The Bertz CT molecular complexity index is 674. The minimum absolute atomic E-state index is 0. The third kappa shape index (κ3) is 7.83. The van der Waals surface area contributed by atoms with E-state index in [1.54, 1.807) is 0 Å². The number of amides is 1. The lowest BCUT2D eigenvalue weighted by Crippen LogP contribution is -2.31. The largest absolute Gasteiger partial charge is 0.464 e. The molecule has 5 nitrogen and oxygen atoms in total. The van der Waals surface area contributed by atoms with Crippen molar-refractivity contribution in [2.75, 3.05) is 6.61 Å². The molecule has 0 unspecified atom stereocenters. The lowest BCUT2D eigenvalue weighted by atomic mass is 10.0. The molecule has 26 heavy (non-hydrogen) atoms. The van der Waals surface area contributed by atoms with E-state index in [2.05, 4.69) is 30.7 Å². The molecule has 0 spiro atoms. The average Bonchev–Trinajstić information content (AvgIpc) is 2.67. The van der Waals surface area contributed by atoms with Gasteiger partial charge in [0.25, 0.3) is 0 Å². The number of benzene rings is 2. The molecule has 1 atom stereocenters. The summed E-state index contributed by atoms with van der Waals surface area (Å²) in [7, 11) is 0. The van der Waals surface area contributed by atoms with Gasteiger partial charge in [-0.15, -0.1) is 0 Å². The van der Waals surface area contributed by atoms with Crippen molar-refractivity contribution >= 4 is 12.1 Å². The van der Waals surface area contributed by atoms with E-state index in [0.717, 1.165) is 16.7 Å². The van der Waals surface area contributed by atoms with E-state index in [9.17, 15) is 9.59 Å². The van der Waals surface area contributed by atoms with Crippen LogP contribution >= 0.6 is 0 Å². The number of carbonyl (C=O) groups excluding carboxylic acids is 2. The molecule has 0 radical (unpaired) electrons. The number of ether oxygens (including phenoxy) is 2. The van der Waals surface area contributed by atoms with Gasteiger partial charge in [-0.3, -0.25) is 4.79 Å². The van der Waals surface area contributed by atoms with E-state index in [4.69, 9.17) is 10.5 Å². The molecule has 1 aliphatic rings. The molecule has 2 aromatic carbocycles. The van der Waals surface area contributed by atoms with Crippen LogP contribution in [0.2, 0.25) is 0 Å². The van der Waals surface area contributed by atoms with Crippen LogP contribution in [0.1, 0.15) is 34.2 Å². The molecule has 0 aromatic heterocycles. The minimum atomic E-state index is -0.753. The lowest BCUT2D eigenvalue weighted by molar-refractivity contribution is -0.166. The highest BCUT2D eigenvalue weighted by Crippen LogP contribution is 2.19. The summed E-state index contributed by atoms with van der Waals surface area (Å²) in [6.07, 6.45) is 0.497. The molecule has 5 heteroatoms. The van der Waals surface area contributed by atoms with Crippen molar-refractivity contribution in [1.29, 1.82) is 0 Å². The van der Waals surface area contributed by atoms with E-state index in [1.165, 1.54) is 6.42 Å². The van der Waals surface area contributed by atoms with Gasteiger partial charge >= 0.3 is 12.1 Å². The van der Waals surface area contributed by atoms with E-state index in [0.29, 0.717) is 6.61 Å². The Morgan fingerprint density at radius 2 is 1.62 bits per heavy atom. The number of rotatable bonds is 3. The maximum atomic E-state index is 10.5. The topological polar surface area (TPSA) is 78.6 Å². The maximum Gasteiger partial charge on any atom is 0.404 e. The standard InChI is InChI=1S/C14H13NO2.C4H6O2.C3H8.H2/c15-14(16)17-10-11-6-8-13(9-7-11)12-4-2-1-3-5-12;1-3-2-6-4(3)5;1-3-2;/h1-9H,10H2,(H2,15,16);3H,2H2,1H3;3H2,1-2H3;1H/t;3-;;/m.1../s1. The van der Waals surface area contributed by atoms with Crippen LogP contribution in [0.4, 0.5) is 4.79 Å². The summed E-state index contributed by atoms with van der Waals surface area (Å²) >= 11 is 0. The lowest BCUT2D eigenvalue weighted by Gasteiger charge is -2.19. The van der Waals surface area contributed by atoms with Gasteiger partial charge < -0.3 is 15.2 Å². The van der Waals surface area contributed by atoms with Gasteiger partial charge in [0.15, 0.2) is 0 Å². The second-order valence-corrected chi connectivity index (χ2v) is 5.91. The highest BCUT2D eigenvalue weighted by atomic mass is 16.6. The molecule has 142 valence electrons. The van der Waals surface area contributed by atoms with Crippen LogP contribution in [0, 0.1) is 5.92 Å². The Labute approximate surface area is 156 Å². The fraction of sp³-hybridized carbons (Fsp3) is 0.333.